The molecule has 3 aromatic rings. The molecule has 4 heterocycles. The van der Waals surface area contributed by atoms with Gasteiger partial charge in [-0.25, -0.2) is 35.8 Å². The number of aromatic nitrogens is 2. The number of carbonyl (C=O) groups is 2. The van der Waals surface area contributed by atoms with Crippen molar-refractivity contribution in [1.29, 1.82) is 0 Å². The molecule has 0 atom stereocenters. The van der Waals surface area contributed by atoms with Crippen LogP contribution >= 0.6 is 22.9 Å². The number of piperazine rings is 1. The van der Waals surface area contributed by atoms with Crippen LogP contribution in [0.4, 0.5) is 0 Å². The van der Waals surface area contributed by atoms with Gasteiger partial charge in [0.25, 0.3) is 15.9 Å². The van der Waals surface area contributed by atoms with Gasteiger partial charge in [-0.2, -0.15) is 4.31 Å². The smallest absolute Gasteiger partial charge is 0.345 e. The summed E-state index contributed by atoms with van der Waals surface area (Å²) in [4.78, 5) is 34.8. The standard InChI is InChI=1S/C22H25ClN6O6S3/c1-37(32,33)27-19(30)13-29(22(31)21-26-17-4-5-24-12-18(17)36-21)8-6-28(7-9-29)38(34,35)20-11-14-10-15(23)2-3-16(14)25-20/h2-3,10-11,24-25H,4-9,12-13H2,1H3/p+1. The van der Waals surface area contributed by atoms with Gasteiger partial charge in [0.2, 0.25) is 15.0 Å². The first kappa shape index (κ1) is 27.2. The SMILES string of the molecule is CS(=O)(=O)NC(=O)C[N+]1(C(=O)c2nc3c(s2)CNCC3)CCN(S(=O)(=O)c2cc3cc(Cl)ccc3[nH]2)CC1. The number of amides is 2. The van der Waals surface area contributed by atoms with Crippen LogP contribution in [0, 0.1) is 0 Å². The first-order valence-corrected chi connectivity index (χ1v) is 16.3. The minimum absolute atomic E-state index is 0.00369. The number of hydrogen-bond acceptors (Lipinski definition) is 9. The second-order valence-electron chi connectivity index (χ2n) is 9.44. The topological polar surface area (TPSA) is 158 Å². The highest BCUT2D eigenvalue weighted by Crippen LogP contribution is 2.29. The number of carbonyl (C=O) groups excluding carboxylic acids is 2. The molecule has 0 bridgehead atoms. The van der Waals surface area contributed by atoms with Crippen LogP contribution in [0.1, 0.15) is 20.4 Å². The number of benzene rings is 1. The predicted molar refractivity (Wildman–Crippen MR) is 142 cm³/mol. The summed E-state index contributed by atoms with van der Waals surface area (Å²) in [7, 11) is -7.78. The number of sulfonamides is 2. The Labute approximate surface area is 228 Å². The van der Waals surface area contributed by atoms with E-state index < -0.39 is 42.9 Å². The number of quaternary nitrogens is 1. The van der Waals surface area contributed by atoms with E-state index in [0.29, 0.717) is 28.9 Å². The van der Waals surface area contributed by atoms with Crippen molar-refractivity contribution in [3.05, 3.63) is 44.9 Å². The second-order valence-corrected chi connectivity index (χ2v) is 14.6. The molecule has 0 saturated carbocycles. The van der Waals surface area contributed by atoms with Gasteiger partial charge in [-0.15, -0.1) is 11.3 Å². The third-order valence-electron chi connectivity index (χ3n) is 6.69. The molecule has 1 saturated heterocycles. The number of H-pyrrole nitrogens is 1. The van der Waals surface area contributed by atoms with Gasteiger partial charge in [0, 0.05) is 40.3 Å². The molecule has 5 rings (SSSR count). The molecule has 16 heteroatoms. The van der Waals surface area contributed by atoms with Crippen LogP contribution < -0.4 is 10.0 Å². The molecule has 2 amide bonds. The van der Waals surface area contributed by atoms with E-state index in [4.69, 9.17) is 11.6 Å². The van der Waals surface area contributed by atoms with Gasteiger partial charge in [-0.1, -0.05) is 11.6 Å². The number of aromatic amines is 1. The van der Waals surface area contributed by atoms with E-state index in [1.54, 1.807) is 18.2 Å². The maximum absolute atomic E-state index is 13.8. The Balaban J connectivity index is 1.42. The quantitative estimate of drug-likeness (QED) is 0.348. The van der Waals surface area contributed by atoms with Crippen molar-refractivity contribution in [3.63, 3.8) is 0 Å². The van der Waals surface area contributed by atoms with Crippen LogP contribution in [0.2, 0.25) is 5.02 Å². The summed E-state index contributed by atoms with van der Waals surface area (Å²) >= 11 is 7.28. The highest BCUT2D eigenvalue weighted by atomic mass is 35.5. The number of fused-ring (bicyclic) bond motifs is 2. The highest BCUT2D eigenvalue weighted by Gasteiger charge is 2.47. The summed E-state index contributed by atoms with van der Waals surface area (Å²) < 4.78 is 52.9. The lowest BCUT2D eigenvalue weighted by atomic mass is 10.2. The summed E-state index contributed by atoms with van der Waals surface area (Å²) in [6.45, 7) is 0.733. The normalized spacial score (nSPS) is 18.3. The number of thiazole rings is 1. The molecule has 38 heavy (non-hydrogen) atoms. The predicted octanol–water partition coefficient (Wildman–Crippen LogP) is 0.661. The number of nitrogens with one attached hydrogen (secondary N) is 3. The summed E-state index contributed by atoms with van der Waals surface area (Å²) in [5, 5.41) is 4.58. The van der Waals surface area contributed by atoms with Crippen LogP contribution in [0.25, 0.3) is 10.9 Å². The molecule has 12 nitrogen and oxygen atoms in total. The largest absolute Gasteiger partial charge is 0.375 e. The van der Waals surface area contributed by atoms with Crippen molar-refractivity contribution in [3.8, 4) is 0 Å². The molecule has 0 radical (unpaired) electrons. The maximum Gasteiger partial charge on any atom is 0.375 e. The van der Waals surface area contributed by atoms with Crippen LogP contribution in [0.15, 0.2) is 29.3 Å². The van der Waals surface area contributed by atoms with Crippen molar-refractivity contribution in [2.45, 2.75) is 18.0 Å². The zero-order valence-electron chi connectivity index (χ0n) is 20.4. The van der Waals surface area contributed by atoms with Gasteiger partial charge >= 0.3 is 5.91 Å². The fraction of sp³-hybridized carbons (Fsp3) is 0.409. The van der Waals surface area contributed by atoms with Crippen LogP contribution in [-0.2, 0) is 37.8 Å². The van der Waals surface area contributed by atoms with Crippen molar-refractivity contribution in [1.82, 2.24) is 24.3 Å². The lowest BCUT2D eigenvalue weighted by Gasteiger charge is -2.40. The second kappa shape index (κ2) is 9.97. The van der Waals surface area contributed by atoms with E-state index in [1.807, 2.05) is 4.72 Å². The highest BCUT2D eigenvalue weighted by molar-refractivity contribution is 7.89. The number of nitrogens with zero attached hydrogens (tertiary/aromatic N) is 3. The first-order chi connectivity index (χ1) is 17.9. The van der Waals surface area contributed by atoms with Gasteiger partial charge in [-0.3, -0.25) is 4.79 Å². The molecule has 1 fully saturated rings. The van der Waals surface area contributed by atoms with Gasteiger partial charge in [-0.05, 0) is 24.3 Å². The molecule has 1 aromatic carbocycles. The third-order valence-corrected chi connectivity index (χ3v) is 10.4. The summed E-state index contributed by atoms with van der Waals surface area (Å²) in [6, 6.07) is 6.51. The molecule has 0 spiro atoms. The van der Waals surface area contributed by atoms with E-state index >= 15 is 0 Å². The first-order valence-electron chi connectivity index (χ1n) is 11.8. The van der Waals surface area contributed by atoms with Crippen LogP contribution in [-0.4, -0.2) is 92.9 Å². The molecule has 0 unspecified atom stereocenters. The summed E-state index contributed by atoms with van der Waals surface area (Å²) in [5.74, 6) is -1.27. The number of rotatable bonds is 6. The molecule has 2 aliphatic heterocycles. The van der Waals surface area contributed by atoms with E-state index in [-0.39, 0.29) is 36.2 Å². The molecular formula is C22H26ClN6O6S3+. The van der Waals surface area contributed by atoms with E-state index in [0.717, 1.165) is 23.4 Å². The third kappa shape index (κ3) is 5.36. The Bertz CT molecular complexity index is 1620. The Morgan fingerprint density at radius 1 is 1.18 bits per heavy atom. The maximum atomic E-state index is 13.8. The van der Waals surface area contributed by atoms with Gasteiger partial charge in [0.1, 0.15) is 18.1 Å². The Hall–Kier alpha value is -2.40. The molecule has 2 aliphatic rings. The van der Waals surface area contributed by atoms with E-state index in [2.05, 4.69) is 15.3 Å². The number of halogens is 1. The van der Waals surface area contributed by atoms with E-state index in [1.165, 1.54) is 21.7 Å². The summed E-state index contributed by atoms with van der Waals surface area (Å²) in [5.41, 5.74) is 1.45. The van der Waals surface area contributed by atoms with Crippen molar-refractivity contribution in [2.75, 3.05) is 45.5 Å². The Kier molecular flexibility index (Phi) is 7.13. The molecule has 3 N–H and O–H groups in total. The fourth-order valence-corrected chi connectivity index (χ4v) is 8.00. The Morgan fingerprint density at radius 3 is 2.61 bits per heavy atom. The van der Waals surface area contributed by atoms with Crippen LogP contribution in [0.5, 0.6) is 0 Å². The fourth-order valence-electron chi connectivity index (χ4n) is 4.79. The average Bonchev–Trinajstić information content (AvgIpc) is 3.47. The molecule has 0 aliphatic carbocycles. The van der Waals surface area contributed by atoms with Crippen molar-refractivity contribution >= 4 is 65.7 Å². The average molecular weight is 602 g/mol. The zero-order chi connectivity index (χ0) is 27.3. The van der Waals surface area contributed by atoms with Gasteiger partial charge in [0.15, 0.2) is 6.54 Å². The number of hydrogen-bond donors (Lipinski definition) is 3. The Morgan fingerprint density at radius 2 is 1.92 bits per heavy atom. The van der Waals surface area contributed by atoms with E-state index in [9.17, 15) is 26.4 Å². The summed E-state index contributed by atoms with van der Waals surface area (Å²) in [6.07, 6.45) is 1.53. The van der Waals surface area contributed by atoms with Crippen molar-refractivity contribution in [2.24, 2.45) is 0 Å². The van der Waals surface area contributed by atoms with Crippen molar-refractivity contribution < 1.29 is 30.9 Å². The minimum Gasteiger partial charge on any atom is -0.345 e. The lowest BCUT2D eigenvalue weighted by molar-refractivity contribution is -0.845. The van der Waals surface area contributed by atoms with Crippen LogP contribution in [0.3, 0.4) is 0 Å². The monoisotopic (exact) mass is 601 g/mol. The minimum atomic E-state index is -3.94. The zero-order valence-corrected chi connectivity index (χ0v) is 23.6. The van der Waals surface area contributed by atoms with Gasteiger partial charge < -0.3 is 10.3 Å². The lowest BCUT2D eigenvalue weighted by Crippen LogP contribution is -2.65. The molecule has 2 aromatic heterocycles. The molecular weight excluding hydrogens is 576 g/mol. The van der Waals surface area contributed by atoms with Gasteiger partial charge in [0.05, 0.1) is 25.0 Å². The molecule has 204 valence electrons.